The minimum atomic E-state index is -0.696. The van der Waals surface area contributed by atoms with Crippen molar-refractivity contribution in [2.24, 2.45) is 0 Å². The largest absolute Gasteiger partial charge is 0.489 e. The molecular formula is C18H18FNO4. The molecule has 0 bridgehead atoms. The molecule has 0 fully saturated rings. The third kappa shape index (κ3) is 3.59. The van der Waals surface area contributed by atoms with E-state index in [2.05, 4.69) is 0 Å². The van der Waals surface area contributed by atoms with E-state index in [0.29, 0.717) is 18.0 Å². The zero-order chi connectivity index (χ0) is 16.9. The fraction of sp³-hybridized carbons (Fsp3) is 0.278. The Labute approximate surface area is 139 Å². The summed E-state index contributed by atoms with van der Waals surface area (Å²) in [5, 5.41) is 0. The van der Waals surface area contributed by atoms with E-state index < -0.39 is 11.9 Å². The van der Waals surface area contributed by atoms with Gasteiger partial charge in [-0.3, -0.25) is 4.79 Å². The molecule has 6 heteroatoms. The summed E-state index contributed by atoms with van der Waals surface area (Å²) < 4.78 is 30.0. The van der Waals surface area contributed by atoms with Crippen molar-refractivity contribution in [3.8, 4) is 17.2 Å². The number of hydrogen-bond donors (Lipinski definition) is 0. The molecule has 0 N–H and O–H groups in total. The van der Waals surface area contributed by atoms with Crippen molar-refractivity contribution in [3.05, 3.63) is 54.3 Å². The maximum Gasteiger partial charge on any atom is 0.267 e. The van der Waals surface area contributed by atoms with Crippen LogP contribution in [0.5, 0.6) is 17.2 Å². The Bertz CT molecular complexity index is 722. The van der Waals surface area contributed by atoms with Crippen LogP contribution in [0.4, 0.5) is 4.39 Å². The molecule has 3 rings (SSSR count). The lowest BCUT2D eigenvalue weighted by Gasteiger charge is -2.28. The molecule has 0 spiro atoms. The standard InChI is InChI=1S/C18H18FNO4/c1-20(10-11-22-14-7-3-2-6-13(14)19)18(21)17-12-23-15-8-4-5-9-16(15)24-17/h2-9,17H,10-12H2,1H3. The maximum atomic E-state index is 13.5. The van der Waals surface area contributed by atoms with E-state index in [1.807, 2.05) is 12.1 Å². The molecule has 2 aromatic rings. The van der Waals surface area contributed by atoms with Crippen molar-refractivity contribution < 1.29 is 23.4 Å². The number of nitrogens with zero attached hydrogens (tertiary/aromatic N) is 1. The van der Waals surface area contributed by atoms with Gasteiger partial charge in [0.1, 0.15) is 13.2 Å². The van der Waals surface area contributed by atoms with E-state index in [-0.39, 0.29) is 24.9 Å². The molecule has 1 unspecified atom stereocenters. The van der Waals surface area contributed by atoms with E-state index in [1.54, 1.807) is 37.4 Å². The van der Waals surface area contributed by atoms with Crippen LogP contribution in [0, 0.1) is 5.82 Å². The van der Waals surface area contributed by atoms with Crippen LogP contribution in [0.2, 0.25) is 0 Å². The van der Waals surface area contributed by atoms with Gasteiger partial charge >= 0.3 is 0 Å². The fourth-order valence-corrected chi connectivity index (χ4v) is 2.35. The van der Waals surface area contributed by atoms with Gasteiger partial charge in [-0.2, -0.15) is 0 Å². The van der Waals surface area contributed by atoms with Gasteiger partial charge in [0.25, 0.3) is 5.91 Å². The van der Waals surface area contributed by atoms with Gasteiger partial charge in [0.15, 0.2) is 23.1 Å². The first-order chi connectivity index (χ1) is 11.6. The second-order valence-corrected chi connectivity index (χ2v) is 5.40. The van der Waals surface area contributed by atoms with Gasteiger partial charge in [-0.1, -0.05) is 24.3 Å². The summed E-state index contributed by atoms with van der Waals surface area (Å²) in [5.74, 6) is 0.725. The highest BCUT2D eigenvalue weighted by Crippen LogP contribution is 2.31. The van der Waals surface area contributed by atoms with Gasteiger partial charge in [0, 0.05) is 7.05 Å². The number of carbonyl (C=O) groups is 1. The van der Waals surface area contributed by atoms with Crippen LogP contribution in [-0.2, 0) is 4.79 Å². The molecule has 0 saturated carbocycles. The summed E-state index contributed by atoms with van der Waals surface area (Å²) in [4.78, 5) is 13.9. The van der Waals surface area contributed by atoms with Crippen molar-refractivity contribution in [2.75, 3.05) is 26.8 Å². The van der Waals surface area contributed by atoms with Gasteiger partial charge in [-0.15, -0.1) is 0 Å². The summed E-state index contributed by atoms with van der Waals surface area (Å²) >= 11 is 0. The minimum absolute atomic E-state index is 0.161. The van der Waals surface area contributed by atoms with E-state index in [0.717, 1.165) is 0 Å². The molecular weight excluding hydrogens is 313 g/mol. The first-order valence-corrected chi connectivity index (χ1v) is 7.66. The van der Waals surface area contributed by atoms with Gasteiger partial charge in [0.05, 0.1) is 6.54 Å². The molecule has 1 heterocycles. The lowest BCUT2D eigenvalue weighted by Crippen LogP contribution is -2.45. The number of benzene rings is 2. The molecule has 1 aliphatic heterocycles. The molecule has 0 saturated heterocycles. The van der Waals surface area contributed by atoms with E-state index >= 15 is 0 Å². The van der Waals surface area contributed by atoms with E-state index in [1.165, 1.54) is 11.0 Å². The number of para-hydroxylation sites is 3. The highest BCUT2D eigenvalue weighted by molar-refractivity contribution is 5.81. The number of amides is 1. The molecule has 1 aliphatic rings. The molecule has 2 aromatic carbocycles. The fourth-order valence-electron chi connectivity index (χ4n) is 2.35. The van der Waals surface area contributed by atoms with Crippen molar-refractivity contribution in [3.63, 3.8) is 0 Å². The molecule has 24 heavy (non-hydrogen) atoms. The Hall–Kier alpha value is -2.76. The van der Waals surface area contributed by atoms with Crippen LogP contribution >= 0.6 is 0 Å². The number of fused-ring (bicyclic) bond motifs is 1. The number of likely N-dealkylation sites (N-methyl/N-ethyl adjacent to an activating group) is 1. The number of hydrogen-bond acceptors (Lipinski definition) is 4. The molecule has 126 valence electrons. The van der Waals surface area contributed by atoms with Crippen LogP contribution in [0.1, 0.15) is 0 Å². The van der Waals surface area contributed by atoms with Gasteiger partial charge < -0.3 is 19.1 Å². The van der Waals surface area contributed by atoms with E-state index in [9.17, 15) is 9.18 Å². The smallest absolute Gasteiger partial charge is 0.267 e. The van der Waals surface area contributed by atoms with Gasteiger partial charge in [0.2, 0.25) is 6.10 Å². The van der Waals surface area contributed by atoms with Gasteiger partial charge in [-0.25, -0.2) is 4.39 Å². The number of ether oxygens (including phenoxy) is 3. The summed E-state index contributed by atoms with van der Waals surface area (Å²) in [7, 11) is 1.65. The summed E-state index contributed by atoms with van der Waals surface area (Å²) in [6.45, 7) is 0.663. The highest BCUT2D eigenvalue weighted by Gasteiger charge is 2.29. The molecule has 5 nitrogen and oxygen atoms in total. The quantitative estimate of drug-likeness (QED) is 0.845. The zero-order valence-corrected chi connectivity index (χ0v) is 13.3. The highest BCUT2D eigenvalue weighted by atomic mass is 19.1. The topological polar surface area (TPSA) is 48.0 Å². The zero-order valence-electron chi connectivity index (χ0n) is 13.3. The van der Waals surface area contributed by atoms with Crippen molar-refractivity contribution >= 4 is 5.91 Å². The molecule has 1 atom stereocenters. The Balaban J connectivity index is 1.51. The maximum absolute atomic E-state index is 13.5. The first kappa shape index (κ1) is 16.1. The summed E-state index contributed by atoms with van der Waals surface area (Å²) in [6.07, 6.45) is -0.696. The number of rotatable bonds is 5. The van der Waals surface area contributed by atoms with Crippen LogP contribution in [0.25, 0.3) is 0 Å². The second-order valence-electron chi connectivity index (χ2n) is 5.40. The van der Waals surface area contributed by atoms with Gasteiger partial charge in [-0.05, 0) is 24.3 Å². The molecule has 1 amide bonds. The number of halogens is 1. The Morgan fingerprint density at radius 1 is 1.21 bits per heavy atom. The third-order valence-corrected chi connectivity index (χ3v) is 3.68. The van der Waals surface area contributed by atoms with Crippen molar-refractivity contribution in [1.82, 2.24) is 4.90 Å². The second kappa shape index (κ2) is 7.21. The summed E-state index contributed by atoms with van der Waals surface area (Å²) in [6, 6.07) is 13.4. The SMILES string of the molecule is CN(CCOc1ccccc1F)C(=O)C1COc2ccccc2O1. The lowest BCUT2D eigenvalue weighted by atomic mass is 10.2. The van der Waals surface area contributed by atoms with Crippen molar-refractivity contribution in [2.45, 2.75) is 6.10 Å². The predicted octanol–water partition coefficient (Wildman–Crippen LogP) is 2.50. The Morgan fingerprint density at radius 3 is 2.71 bits per heavy atom. The average molecular weight is 331 g/mol. The normalized spacial score (nSPS) is 15.7. The predicted molar refractivity (Wildman–Crippen MR) is 85.9 cm³/mol. The monoisotopic (exact) mass is 331 g/mol. The summed E-state index contributed by atoms with van der Waals surface area (Å²) in [5.41, 5.74) is 0. The Morgan fingerprint density at radius 2 is 1.92 bits per heavy atom. The Kier molecular flexibility index (Phi) is 4.84. The van der Waals surface area contributed by atoms with Crippen molar-refractivity contribution in [1.29, 1.82) is 0 Å². The molecule has 0 aliphatic carbocycles. The third-order valence-electron chi connectivity index (χ3n) is 3.68. The minimum Gasteiger partial charge on any atom is -0.489 e. The molecule has 0 radical (unpaired) electrons. The number of carbonyl (C=O) groups excluding carboxylic acids is 1. The van der Waals surface area contributed by atoms with Crippen LogP contribution in [0.3, 0.4) is 0 Å². The lowest BCUT2D eigenvalue weighted by molar-refractivity contribution is -0.140. The molecule has 0 aromatic heterocycles. The first-order valence-electron chi connectivity index (χ1n) is 7.66. The average Bonchev–Trinajstić information content (AvgIpc) is 2.62. The van der Waals surface area contributed by atoms with Crippen LogP contribution in [-0.4, -0.2) is 43.7 Å². The van der Waals surface area contributed by atoms with Crippen LogP contribution < -0.4 is 14.2 Å². The van der Waals surface area contributed by atoms with Crippen LogP contribution in [0.15, 0.2) is 48.5 Å². The van der Waals surface area contributed by atoms with E-state index in [4.69, 9.17) is 14.2 Å².